The molecular formula is C7H17FNa2O5. The summed E-state index contributed by atoms with van der Waals surface area (Å²) in [5.41, 5.74) is 0. The van der Waals surface area contributed by atoms with Gasteiger partial charge in [0, 0.05) is 0 Å². The van der Waals surface area contributed by atoms with Crippen molar-refractivity contribution in [3.05, 3.63) is 0 Å². The van der Waals surface area contributed by atoms with Crippen LogP contribution in [0.4, 0.5) is 9.50 Å². The van der Waals surface area contributed by atoms with Crippen molar-refractivity contribution in [1.29, 1.82) is 0 Å². The van der Waals surface area contributed by atoms with Crippen LogP contribution >= 0.6 is 0 Å². The molecule has 0 spiro atoms. The topological polar surface area (TPSA) is 76.0 Å². The fourth-order valence-electron chi connectivity index (χ4n) is 0.444. The molecule has 1 atom stereocenters. The molecule has 0 saturated heterocycles. The van der Waals surface area contributed by atoms with Gasteiger partial charge in [-0.3, -0.25) is 4.70 Å². The molecule has 15 heavy (non-hydrogen) atoms. The van der Waals surface area contributed by atoms with Gasteiger partial charge in [-0.25, -0.2) is 4.79 Å². The zero-order valence-electron chi connectivity index (χ0n) is 11.4. The molecule has 0 rings (SSSR count). The number of hydrogen-bond acceptors (Lipinski definition) is 5. The number of rotatable bonds is 5. The van der Waals surface area contributed by atoms with Crippen molar-refractivity contribution in [3.63, 3.8) is 0 Å². The summed E-state index contributed by atoms with van der Waals surface area (Å²) in [5.74, 6) is 0. The molecule has 0 saturated carbocycles. The van der Waals surface area contributed by atoms with Crippen LogP contribution in [0.5, 0.6) is 0 Å². The molecule has 1 unspecified atom stereocenters. The van der Waals surface area contributed by atoms with Gasteiger partial charge in [0.05, 0.1) is 13.2 Å². The van der Waals surface area contributed by atoms with Crippen molar-refractivity contribution in [2.24, 2.45) is 0 Å². The van der Waals surface area contributed by atoms with E-state index in [0.717, 1.165) is 6.42 Å². The zero-order chi connectivity index (χ0) is 9.40. The average Bonchev–Trinajstić information content (AvgIpc) is 2.10. The second-order valence-corrected chi connectivity index (χ2v) is 2.25. The Kier molecular flexibility index (Phi) is 29.3. The molecule has 0 amide bonds. The van der Waals surface area contributed by atoms with E-state index in [1.54, 1.807) is 0 Å². The van der Waals surface area contributed by atoms with Crippen molar-refractivity contribution in [1.82, 2.24) is 0 Å². The molecule has 0 aromatic carbocycles. The maximum atomic E-state index is 10.6. The molecule has 0 aliphatic rings. The van der Waals surface area contributed by atoms with E-state index in [2.05, 4.69) is 9.47 Å². The summed E-state index contributed by atoms with van der Waals surface area (Å²) in [5, 5.41) is 17.1. The van der Waals surface area contributed by atoms with Crippen molar-refractivity contribution in [2.45, 2.75) is 19.4 Å². The molecule has 0 aliphatic heterocycles. The number of carbonyl (C=O) groups excluding carboxylic acids is 1. The minimum atomic E-state index is -1.03. The van der Waals surface area contributed by atoms with Gasteiger partial charge in [0.15, 0.2) is 0 Å². The van der Waals surface area contributed by atoms with Crippen molar-refractivity contribution < 1.29 is 91.2 Å². The number of halogens is 1. The molecule has 0 aliphatic carbocycles. The van der Waals surface area contributed by atoms with Crippen LogP contribution in [-0.2, 0) is 9.47 Å². The summed E-state index contributed by atoms with van der Waals surface area (Å²) in [7, 11) is 0. The van der Waals surface area contributed by atoms with Crippen LogP contribution in [-0.4, -0.2) is 42.3 Å². The SMILES string of the molecule is CCCOC(=O)OCC(O)CO.F.[H-].[H-].[Na+].[Na+]. The van der Waals surface area contributed by atoms with Gasteiger partial charge in [-0.1, -0.05) is 6.92 Å². The molecule has 0 heterocycles. The second-order valence-electron chi connectivity index (χ2n) is 2.25. The van der Waals surface area contributed by atoms with Gasteiger partial charge in [0.25, 0.3) is 0 Å². The number of ether oxygens (including phenoxy) is 2. The number of hydrogen-bond donors (Lipinski definition) is 2. The van der Waals surface area contributed by atoms with Gasteiger partial charge in [0.2, 0.25) is 0 Å². The van der Waals surface area contributed by atoms with Crippen LogP contribution in [0.1, 0.15) is 16.2 Å². The first-order chi connectivity index (χ1) is 5.70. The van der Waals surface area contributed by atoms with E-state index in [1.165, 1.54) is 0 Å². The van der Waals surface area contributed by atoms with E-state index in [0.29, 0.717) is 6.61 Å². The Balaban J connectivity index is -0.0000000605. The predicted molar refractivity (Wildman–Crippen MR) is 45.4 cm³/mol. The molecular weight excluding hydrogens is 229 g/mol. The molecule has 0 aromatic rings. The summed E-state index contributed by atoms with van der Waals surface area (Å²) in [6.07, 6.45) is -1.12. The third kappa shape index (κ3) is 17.7. The minimum Gasteiger partial charge on any atom is -1.00 e. The summed E-state index contributed by atoms with van der Waals surface area (Å²) >= 11 is 0. The van der Waals surface area contributed by atoms with Crippen molar-refractivity contribution in [3.8, 4) is 0 Å². The van der Waals surface area contributed by atoms with Gasteiger partial charge in [0.1, 0.15) is 12.7 Å². The summed E-state index contributed by atoms with van der Waals surface area (Å²) in [4.78, 5) is 10.6. The molecule has 84 valence electrons. The van der Waals surface area contributed by atoms with Crippen LogP contribution in [0.25, 0.3) is 0 Å². The number of aliphatic hydroxyl groups is 2. The van der Waals surface area contributed by atoms with Crippen LogP contribution in [0.2, 0.25) is 0 Å². The van der Waals surface area contributed by atoms with Crippen LogP contribution in [0.3, 0.4) is 0 Å². The van der Waals surface area contributed by atoms with E-state index in [4.69, 9.17) is 10.2 Å². The molecule has 0 aromatic heterocycles. The van der Waals surface area contributed by atoms with Crippen molar-refractivity contribution in [2.75, 3.05) is 19.8 Å². The molecule has 0 radical (unpaired) electrons. The first-order valence-electron chi connectivity index (χ1n) is 3.79. The van der Waals surface area contributed by atoms with Crippen LogP contribution < -0.4 is 59.1 Å². The summed E-state index contributed by atoms with van der Waals surface area (Å²) in [6.45, 7) is 1.49. The molecule has 2 N–H and O–H groups in total. The van der Waals surface area contributed by atoms with Gasteiger partial charge in [-0.05, 0) is 6.42 Å². The first kappa shape index (κ1) is 25.1. The molecule has 0 fully saturated rings. The summed E-state index contributed by atoms with van der Waals surface area (Å²) < 4.78 is 8.96. The maximum Gasteiger partial charge on any atom is 1.00 e. The van der Waals surface area contributed by atoms with Crippen LogP contribution in [0, 0.1) is 0 Å². The molecule has 5 nitrogen and oxygen atoms in total. The third-order valence-corrected chi connectivity index (χ3v) is 1.03. The Morgan fingerprint density at radius 2 is 1.93 bits per heavy atom. The van der Waals surface area contributed by atoms with E-state index in [9.17, 15) is 4.79 Å². The monoisotopic (exact) mass is 246 g/mol. The van der Waals surface area contributed by atoms with E-state index in [-0.39, 0.29) is 73.3 Å². The zero-order valence-corrected chi connectivity index (χ0v) is 13.4. The number of aliphatic hydroxyl groups excluding tert-OH is 2. The Morgan fingerprint density at radius 1 is 1.40 bits per heavy atom. The second kappa shape index (κ2) is 17.5. The molecule has 8 heteroatoms. The quantitative estimate of drug-likeness (QED) is 0.373. The van der Waals surface area contributed by atoms with Crippen molar-refractivity contribution >= 4 is 6.16 Å². The fraction of sp³-hybridized carbons (Fsp3) is 0.857. The average molecular weight is 246 g/mol. The van der Waals surface area contributed by atoms with Crippen LogP contribution in [0.15, 0.2) is 0 Å². The Hall–Kier alpha value is 1.12. The Labute approximate surface area is 135 Å². The van der Waals surface area contributed by atoms with E-state index in [1.807, 2.05) is 6.92 Å². The smallest absolute Gasteiger partial charge is 1.00 e. The third-order valence-electron chi connectivity index (χ3n) is 1.03. The maximum absolute atomic E-state index is 10.6. The van der Waals surface area contributed by atoms with Gasteiger partial charge in [-0.15, -0.1) is 0 Å². The van der Waals surface area contributed by atoms with Gasteiger partial charge < -0.3 is 22.5 Å². The normalized spacial score (nSPS) is 9.80. The summed E-state index contributed by atoms with van der Waals surface area (Å²) in [6, 6.07) is 0. The Bertz CT molecular complexity index is 147. The van der Waals surface area contributed by atoms with Gasteiger partial charge in [-0.2, -0.15) is 0 Å². The Morgan fingerprint density at radius 3 is 2.33 bits per heavy atom. The molecule has 0 bridgehead atoms. The van der Waals surface area contributed by atoms with Gasteiger partial charge >= 0.3 is 65.3 Å². The standard InChI is InChI=1S/C7H14O5.FH.2Na.2H/c1-2-3-11-7(10)12-5-6(9)4-8;;;;;/h6,8-9H,2-5H2,1H3;1H;;;;/q;;2*+1;2*-1. The van der Waals surface area contributed by atoms with E-state index < -0.39 is 18.9 Å². The largest absolute Gasteiger partial charge is 1.00 e. The predicted octanol–water partition coefficient (Wildman–Crippen LogP) is -5.71. The first-order valence-corrected chi connectivity index (χ1v) is 3.79. The van der Waals surface area contributed by atoms with E-state index >= 15 is 0 Å². The fourth-order valence-corrected chi connectivity index (χ4v) is 0.444. The minimum absolute atomic E-state index is 0. The number of carbonyl (C=O) groups is 1.